The van der Waals surface area contributed by atoms with Gasteiger partial charge >= 0.3 is 0 Å². The molecule has 0 saturated carbocycles. The molecule has 0 saturated heterocycles. The zero-order valence-electron chi connectivity index (χ0n) is 15.9. The molecule has 29 heavy (non-hydrogen) atoms. The van der Waals surface area contributed by atoms with Gasteiger partial charge in [-0.2, -0.15) is 0 Å². The largest absolute Gasteiger partial charge is 0.394 e. The van der Waals surface area contributed by atoms with Crippen molar-refractivity contribution in [2.45, 2.75) is 6.04 Å². The van der Waals surface area contributed by atoms with E-state index < -0.39 is 25.2 Å². The number of nitrogens with one attached hydrogen (secondary N) is 3. The lowest BCUT2D eigenvalue weighted by molar-refractivity contribution is 0.0880. The molecule has 0 unspecified atom stereocenters. The molecule has 0 spiro atoms. The molecule has 3 aromatic rings. The number of aryl methyl sites for hydroxylation is 1. The SMILES string of the molecule is CNc1cc(Cl)ccc1C(=N)c1cnc2c(n1)c(C(=O)NC(CO)CO)cn2C. The quantitative estimate of drug-likeness (QED) is 0.367. The molecule has 0 aliphatic heterocycles. The van der Waals surface area contributed by atoms with E-state index in [9.17, 15) is 15.0 Å². The van der Waals surface area contributed by atoms with Crippen molar-refractivity contribution in [3.63, 3.8) is 0 Å². The Morgan fingerprint density at radius 3 is 2.69 bits per heavy atom. The van der Waals surface area contributed by atoms with Crippen LogP contribution in [-0.2, 0) is 7.05 Å². The lowest BCUT2D eigenvalue weighted by Gasteiger charge is -2.13. The van der Waals surface area contributed by atoms with Crippen molar-refractivity contribution in [3.8, 4) is 0 Å². The summed E-state index contributed by atoms with van der Waals surface area (Å²) in [4.78, 5) is 21.4. The molecular weight excluding hydrogens is 396 g/mol. The third kappa shape index (κ3) is 4.07. The Balaban J connectivity index is 2.03. The second-order valence-electron chi connectivity index (χ2n) is 6.43. The van der Waals surface area contributed by atoms with E-state index in [1.165, 1.54) is 6.20 Å². The molecule has 3 rings (SSSR count). The van der Waals surface area contributed by atoms with Gasteiger partial charge in [-0.05, 0) is 18.2 Å². The summed E-state index contributed by atoms with van der Waals surface area (Å²) in [5.41, 5.74) is 2.71. The second-order valence-corrected chi connectivity index (χ2v) is 6.87. The highest BCUT2D eigenvalue weighted by Crippen LogP contribution is 2.24. The van der Waals surface area contributed by atoms with Gasteiger partial charge in [-0.3, -0.25) is 10.2 Å². The first kappa shape index (κ1) is 20.7. The van der Waals surface area contributed by atoms with Crippen LogP contribution in [-0.4, -0.2) is 62.7 Å². The van der Waals surface area contributed by atoms with Crippen LogP contribution in [0.4, 0.5) is 5.69 Å². The van der Waals surface area contributed by atoms with Crippen LogP contribution in [0.1, 0.15) is 21.6 Å². The van der Waals surface area contributed by atoms with Gasteiger partial charge in [0.15, 0.2) is 5.65 Å². The Labute approximate surface area is 171 Å². The monoisotopic (exact) mass is 416 g/mol. The fraction of sp³-hybridized carbons (Fsp3) is 0.263. The van der Waals surface area contributed by atoms with Crippen LogP contribution in [0.5, 0.6) is 0 Å². The van der Waals surface area contributed by atoms with Gasteiger partial charge in [0.1, 0.15) is 11.2 Å². The van der Waals surface area contributed by atoms with Gasteiger partial charge in [0.05, 0.1) is 36.7 Å². The topological polar surface area (TPSA) is 136 Å². The van der Waals surface area contributed by atoms with Crippen LogP contribution < -0.4 is 10.6 Å². The first-order valence-corrected chi connectivity index (χ1v) is 9.18. The van der Waals surface area contributed by atoms with Crippen LogP contribution in [0.25, 0.3) is 11.2 Å². The normalized spacial score (nSPS) is 11.1. The van der Waals surface area contributed by atoms with E-state index in [0.717, 1.165) is 0 Å². The van der Waals surface area contributed by atoms with Crippen LogP contribution in [0, 0.1) is 5.41 Å². The number of aliphatic hydroxyl groups excluding tert-OH is 2. The predicted molar refractivity (Wildman–Crippen MR) is 111 cm³/mol. The highest BCUT2D eigenvalue weighted by Gasteiger charge is 2.21. The minimum atomic E-state index is -0.778. The number of aromatic nitrogens is 3. The van der Waals surface area contributed by atoms with E-state index in [0.29, 0.717) is 27.4 Å². The van der Waals surface area contributed by atoms with E-state index in [-0.39, 0.29) is 17.0 Å². The van der Waals surface area contributed by atoms with Gasteiger partial charge in [-0.25, -0.2) is 9.97 Å². The highest BCUT2D eigenvalue weighted by molar-refractivity contribution is 6.31. The zero-order chi connectivity index (χ0) is 21.1. The first-order chi connectivity index (χ1) is 13.9. The number of carbonyl (C=O) groups excluding carboxylic acids is 1. The molecule has 1 aromatic carbocycles. The van der Waals surface area contributed by atoms with Crippen LogP contribution >= 0.6 is 11.6 Å². The smallest absolute Gasteiger partial charge is 0.255 e. The second kappa shape index (κ2) is 8.56. The minimum Gasteiger partial charge on any atom is -0.394 e. The van der Waals surface area contributed by atoms with Gasteiger partial charge in [0, 0.05) is 36.6 Å². The molecule has 0 aliphatic rings. The van der Waals surface area contributed by atoms with Crippen LogP contribution in [0.2, 0.25) is 5.02 Å². The van der Waals surface area contributed by atoms with E-state index in [2.05, 4.69) is 20.6 Å². The molecular formula is C19H21ClN6O3. The summed E-state index contributed by atoms with van der Waals surface area (Å²) >= 11 is 6.03. The first-order valence-electron chi connectivity index (χ1n) is 8.80. The van der Waals surface area contributed by atoms with Crippen molar-refractivity contribution < 1.29 is 15.0 Å². The molecule has 1 amide bonds. The maximum absolute atomic E-state index is 12.6. The van der Waals surface area contributed by atoms with Gasteiger partial charge in [0.2, 0.25) is 0 Å². The summed E-state index contributed by atoms with van der Waals surface area (Å²) in [6.07, 6.45) is 3.05. The Bertz CT molecular complexity index is 1080. The Morgan fingerprint density at radius 1 is 1.31 bits per heavy atom. The number of halogens is 1. The minimum absolute atomic E-state index is 0.124. The average molecular weight is 417 g/mol. The number of fused-ring (bicyclic) bond motifs is 1. The van der Waals surface area contributed by atoms with E-state index in [1.807, 2.05) is 0 Å². The number of hydrogen-bond acceptors (Lipinski definition) is 7. The number of aliphatic hydroxyl groups is 2. The number of hydrogen-bond donors (Lipinski definition) is 5. The molecule has 0 bridgehead atoms. The Hall–Kier alpha value is -3.01. The summed E-state index contributed by atoms with van der Waals surface area (Å²) in [7, 11) is 3.46. The maximum Gasteiger partial charge on any atom is 0.255 e. The lowest BCUT2D eigenvalue weighted by atomic mass is 10.1. The van der Waals surface area contributed by atoms with Crippen LogP contribution in [0.15, 0.2) is 30.6 Å². The Morgan fingerprint density at radius 2 is 2.03 bits per heavy atom. The maximum atomic E-state index is 12.6. The number of benzene rings is 1. The standard InChI is InChI=1S/C19H21ClN6O3/c1-22-14-5-10(20)3-4-12(14)16(21)15-6-23-18-17(25-15)13(7-26(18)2)19(29)24-11(8-27)9-28/h3-7,11,21-22,27-28H,8-9H2,1-2H3,(H,24,29). The van der Waals surface area contributed by atoms with E-state index in [4.69, 9.17) is 17.0 Å². The lowest BCUT2D eigenvalue weighted by Crippen LogP contribution is -2.40. The van der Waals surface area contributed by atoms with Gasteiger partial charge in [-0.1, -0.05) is 11.6 Å². The van der Waals surface area contributed by atoms with Crippen molar-refractivity contribution in [2.75, 3.05) is 25.6 Å². The highest BCUT2D eigenvalue weighted by atomic mass is 35.5. The number of nitrogens with zero attached hydrogens (tertiary/aromatic N) is 3. The van der Waals surface area contributed by atoms with Crippen molar-refractivity contribution in [3.05, 3.63) is 52.4 Å². The van der Waals surface area contributed by atoms with Gasteiger partial charge in [-0.15, -0.1) is 0 Å². The molecule has 0 aliphatic carbocycles. The van der Waals surface area contributed by atoms with Crippen LogP contribution in [0.3, 0.4) is 0 Å². The molecule has 5 N–H and O–H groups in total. The van der Waals surface area contributed by atoms with Crippen molar-refractivity contribution >= 4 is 40.1 Å². The predicted octanol–water partition coefficient (Wildman–Crippen LogP) is 1.16. The summed E-state index contributed by atoms with van der Waals surface area (Å²) in [6.45, 7) is -0.782. The molecule has 2 aromatic heterocycles. The van der Waals surface area contributed by atoms with E-state index in [1.54, 1.807) is 43.1 Å². The zero-order valence-corrected chi connectivity index (χ0v) is 16.7. The fourth-order valence-corrected chi connectivity index (χ4v) is 3.09. The van der Waals surface area contributed by atoms with Crippen molar-refractivity contribution in [1.29, 1.82) is 5.41 Å². The molecule has 2 heterocycles. The molecule has 0 fully saturated rings. The Kier molecular flexibility index (Phi) is 6.12. The summed E-state index contributed by atoms with van der Waals surface area (Å²) in [5, 5.41) is 33.0. The molecule has 9 nitrogen and oxygen atoms in total. The van der Waals surface area contributed by atoms with Crippen molar-refractivity contribution in [2.24, 2.45) is 7.05 Å². The third-order valence-electron chi connectivity index (χ3n) is 4.46. The average Bonchev–Trinajstić information content (AvgIpc) is 3.07. The fourth-order valence-electron chi connectivity index (χ4n) is 2.92. The number of amides is 1. The summed E-state index contributed by atoms with van der Waals surface area (Å²) < 4.78 is 1.65. The third-order valence-corrected chi connectivity index (χ3v) is 4.70. The number of anilines is 1. The molecule has 0 atom stereocenters. The van der Waals surface area contributed by atoms with Gasteiger partial charge < -0.3 is 25.4 Å². The summed E-state index contributed by atoms with van der Waals surface area (Å²) in [6, 6.07) is 4.33. The number of carbonyl (C=O) groups is 1. The number of rotatable bonds is 7. The van der Waals surface area contributed by atoms with Gasteiger partial charge in [0.25, 0.3) is 5.91 Å². The van der Waals surface area contributed by atoms with Crippen molar-refractivity contribution in [1.82, 2.24) is 19.9 Å². The summed E-state index contributed by atoms with van der Waals surface area (Å²) in [5.74, 6) is -0.496. The molecule has 10 heteroatoms. The molecule has 0 radical (unpaired) electrons. The van der Waals surface area contributed by atoms with E-state index >= 15 is 0 Å². The molecule has 152 valence electrons.